The number of methoxy groups -OCH3 is 1. The second kappa shape index (κ2) is 6.99. The number of hydrogen-bond acceptors (Lipinski definition) is 4. The van der Waals surface area contributed by atoms with Crippen molar-refractivity contribution in [3.63, 3.8) is 0 Å². The van der Waals surface area contributed by atoms with Gasteiger partial charge in [-0.15, -0.1) is 0 Å². The van der Waals surface area contributed by atoms with E-state index in [1.165, 1.54) is 0 Å². The van der Waals surface area contributed by atoms with Gasteiger partial charge in [-0.05, 0) is 25.0 Å². The summed E-state index contributed by atoms with van der Waals surface area (Å²) in [4.78, 5) is 11.8. The van der Waals surface area contributed by atoms with Crippen LogP contribution in [0.1, 0.15) is 12.8 Å². The summed E-state index contributed by atoms with van der Waals surface area (Å²) in [6.45, 7) is 1.73. The van der Waals surface area contributed by atoms with Crippen LogP contribution >= 0.6 is 0 Å². The molecule has 0 spiro atoms. The van der Waals surface area contributed by atoms with Crippen LogP contribution in [-0.2, 0) is 9.53 Å². The summed E-state index contributed by atoms with van der Waals surface area (Å²) < 4.78 is 10.4. The Balaban J connectivity index is 1.76. The van der Waals surface area contributed by atoms with E-state index in [1.807, 2.05) is 24.3 Å². The summed E-state index contributed by atoms with van der Waals surface area (Å²) in [6.07, 6.45) is 1.79. The normalized spacial score (nSPS) is 15.8. The van der Waals surface area contributed by atoms with E-state index in [4.69, 9.17) is 9.47 Å². The largest absolute Gasteiger partial charge is 0.497 e. The minimum atomic E-state index is 0.00900. The molecule has 0 radical (unpaired) electrons. The molecule has 5 nitrogen and oxygen atoms in total. The summed E-state index contributed by atoms with van der Waals surface area (Å²) in [6, 6.07) is 7.77. The van der Waals surface area contributed by atoms with Crippen LogP contribution in [0.15, 0.2) is 24.3 Å². The molecule has 1 amide bonds. The highest BCUT2D eigenvalue weighted by Crippen LogP contribution is 2.16. The third-order valence-electron chi connectivity index (χ3n) is 3.11. The zero-order chi connectivity index (χ0) is 13.5. The average Bonchev–Trinajstić information content (AvgIpc) is 2.46. The number of carbonyl (C=O) groups excluding carboxylic acids is 1. The maximum atomic E-state index is 11.8. The summed E-state index contributed by atoms with van der Waals surface area (Å²) >= 11 is 0. The van der Waals surface area contributed by atoms with E-state index in [9.17, 15) is 4.79 Å². The Bertz CT molecular complexity index is 417. The van der Waals surface area contributed by atoms with E-state index in [-0.39, 0.29) is 18.5 Å². The molecule has 1 aliphatic rings. The number of anilines is 1. The Morgan fingerprint density at radius 3 is 2.95 bits per heavy atom. The molecule has 0 aromatic heterocycles. The van der Waals surface area contributed by atoms with Crippen molar-refractivity contribution >= 4 is 11.6 Å². The molecule has 1 saturated heterocycles. The molecule has 19 heavy (non-hydrogen) atoms. The van der Waals surface area contributed by atoms with E-state index in [1.54, 1.807) is 7.11 Å². The first-order chi connectivity index (χ1) is 9.28. The first kappa shape index (κ1) is 13.7. The van der Waals surface area contributed by atoms with Crippen LogP contribution in [0.25, 0.3) is 0 Å². The summed E-state index contributed by atoms with van der Waals surface area (Å²) in [5.41, 5.74) is 0.876. The van der Waals surface area contributed by atoms with Crippen molar-refractivity contribution in [2.45, 2.75) is 18.9 Å². The molecule has 0 aliphatic carbocycles. The molecule has 1 aromatic rings. The third kappa shape index (κ3) is 4.44. The molecule has 0 atom stereocenters. The molecular weight excluding hydrogens is 244 g/mol. The van der Waals surface area contributed by atoms with Gasteiger partial charge in [0.1, 0.15) is 5.75 Å². The van der Waals surface area contributed by atoms with Crippen LogP contribution in [0.2, 0.25) is 0 Å². The van der Waals surface area contributed by atoms with Gasteiger partial charge in [0.25, 0.3) is 0 Å². The molecular formula is C14H20N2O3. The minimum Gasteiger partial charge on any atom is -0.497 e. The maximum Gasteiger partial charge on any atom is 0.239 e. The van der Waals surface area contributed by atoms with Crippen LogP contribution in [0.4, 0.5) is 5.69 Å². The Morgan fingerprint density at radius 2 is 2.21 bits per heavy atom. The predicted molar refractivity (Wildman–Crippen MR) is 73.5 cm³/mol. The van der Waals surface area contributed by atoms with Gasteiger partial charge >= 0.3 is 0 Å². The Morgan fingerprint density at radius 1 is 1.42 bits per heavy atom. The monoisotopic (exact) mass is 264 g/mol. The van der Waals surface area contributed by atoms with Gasteiger partial charge in [-0.2, -0.15) is 0 Å². The van der Waals surface area contributed by atoms with Crippen LogP contribution in [0.5, 0.6) is 5.75 Å². The molecule has 2 N–H and O–H groups in total. The van der Waals surface area contributed by atoms with E-state index in [2.05, 4.69) is 10.6 Å². The summed E-state index contributed by atoms with van der Waals surface area (Å²) in [5.74, 6) is 0.782. The number of hydrogen-bond donors (Lipinski definition) is 2. The average molecular weight is 264 g/mol. The van der Waals surface area contributed by atoms with Gasteiger partial charge in [0, 0.05) is 31.0 Å². The van der Waals surface area contributed by atoms with Crippen molar-refractivity contribution in [3.05, 3.63) is 24.3 Å². The highest BCUT2D eigenvalue weighted by atomic mass is 16.5. The second-order valence-corrected chi connectivity index (χ2v) is 4.54. The van der Waals surface area contributed by atoms with E-state index in [0.717, 1.165) is 37.5 Å². The number of benzene rings is 1. The van der Waals surface area contributed by atoms with E-state index in [0.29, 0.717) is 0 Å². The fraction of sp³-hybridized carbons (Fsp3) is 0.500. The van der Waals surface area contributed by atoms with Crippen LogP contribution in [0.3, 0.4) is 0 Å². The molecule has 1 aliphatic heterocycles. The van der Waals surface area contributed by atoms with Gasteiger partial charge in [0.2, 0.25) is 5.91 Å². The number of rotatable bonds is 5. The van der Waals surface area contributed by atoms with E-state index < -0.39 is 0 Å². The Hall–Kier alpha value is -1.75. The van der Waals surface area contributed by atoms with Gasteiger partial charge in [-0.3, -0.25) is 4.79 Å². The Labute approximate surface area is 113 Å². The molecule has 2 rings (SSSR count). The van der Waals surface area contributed by atoms with Gasteiger partial charge in [0.05, 0.1) is 13.7 Å². The van der Waals surface area contributed by atoms with Crippen LogP contribution in [0, 0.1) is 0 Å². The summed E-state index contributed by atoms with van der Waals surface area (Å²) in [5, 5.41) is 6.09. The topological polar surface area (TPSA) is 59.6 Å². The standard InChI is InChI=1S/C14H20N2O3/c1-18-13-4-2-3-12(9-13)15-10-14(17)16-11-5-7-19-8-6-11/h2-4,9,11,15H,5-8,10H2,1H3,(H,16,17). The SMILES string of the molecule is COc1cccc(NCC(=O)NC2CCOCC2)c1. The number of carbonyl (C=O) groups is 1. The molecule has 0 bridgehead atoms. The lowest BCUT2D eigenvalue weighted by atomic mass is 10.1. The van der Waals surface area contributed by atoms with Crippen molar-refractivity contribution in [2.75, 3.05) is 32.2 Å². The van der Waals surface area contributed by atoms with E-state index >= 15 is 0 Å². The lowest BCUT2D eigenvalue weighted by molar-refractivity contribution is -0.120. The first-order valence-corrected chi connectivity index (χ1v) is 6.53. The van der Waals surface area contributed by atoms with Crippen molar-refractivity contribution < 1.29 is 14.3 Å². The van der Waals surface area contributed by atoms with Crippen LogP contribution < -0.4 is 15.4 Å². The zero-order valence-corrected chi connectivity index (χ0v) is 11.1. The maximum absolute atomic E-state index is 11.8. The van der Waals surface area contributed by atoms with Gasteiger partial charge in [-0.1, -0.05) is 6.07 Å². The molecule has 5 heteroatoms. The quantitative estimate of drug-likeness (QED) is 0.844. The highest BCUT2D eigenvalue weighted by Gasteiger charge is 2.15. The smallest absolute Gasteiger partial charge is 0.239 e. The van der Waals surface area contributed by atoms with Crippen molar-refractivity contribution in [1.82, 2.24) is 5.32 Å². The Kier molecular flexibility index (Phi) is 5.03. The van der Waals surface area contributed by atoms with Gasteiger partial charge in [-0.25, -0.2) is 0 Å². The van der Waals surface area contributed by atoms with Crippen molar-refractivity contribution in [3.8, 4) is 5.75 Å². The fourth-order valence-electron chi connectivity index (χ4n) is 2.04. The fourth-order valence-corrected chi connectivity index (χ4v) is 2.04. The lowest BCUT2D eigenvalue weighted by Gasteiger charge is -2.23. The van der Waals surface area contributed by atoms with Crippen molar-refractivity contribution in [2.24, 2.45) is 0 Å². The minimum absolute atomic E-state index is 0.00900. The highest BCUT2D eigenvalue weighted by molar-refractivity contribution is 5.81. The van der Waals surface area contributed by atoms with Gasteiger partial charge < -0.3 is 20.1 Å². The zero-order valence-electron chi connectivity index (χ0n) is 11.1. The first-order valence-electron chi connectivity index (χ1n) is 6.53. The number of amides is 1. The predicted octanol–water partition coefficient (Wildman–Crippen LogP) is 1.40. The third-order valence-corrected chi connectivity index (χ3v) is 3.11. The number of ether oxygens (including phenoxy) is 2. The molecule has 1 aromatic carbocycles. The van der Waals surface area contributed by atoms with Crippen LogP contribution in [-0.4, -0.2) is 38.8 Å². The molecule has 0 saturated carbocycles. The van der Waals surface area contributed by atoms with Crippen molar-refractivity contribution in [1.29, 1.82) is 0 Å². The molecule has 104 valence electrons. The van der Waals surface area contributed by atoms with Gasteiger partial charge in [0.15, 0.2) is 0 Å². The molecule has 1 fully saturated rings. The second-order valence-electron chi connectivity index (χ2n) is 4.54. The summed E-state index contributed by atoms with van der Waals surface area (Å²) in [7, 11) is 1.62. The number of nitrogens with one attached hydrogen (secondary N) is 2. The lowest BCUT2D eigenvalue weighted by Crippen LogP contribution is -2.41. The molecule has 1 heterocycles. The molecule has 0 unspecified atom stereocenters.